The third-order valence-electron chi connectivity index (χ3n) is 3.32. The molecule has 0 saturated carbocycles. The summed E-state index contributed by atoms with van der Waals surface area (Å²) in [5, 5.41) is 15.2. The van der Waals surface area contributed by atoms with Gasteiger partial charge in [-0.1, -0.05) is 63.9 Å². The zero-order valence-electron chi connectivity index (χ0n) is 10.7. The van der Waals surface area contributed by atoms with Gasteiger partial charge >= 0.3 is 0 Å². The van der Waals surface area contributed by atoms with Gasteiger partial charge in [-0.25, -0.2) is 0 Å². The third kappa shape index (κ3) is 2.01. The summed E-state index contributed by atoms with van der Waals surface area (Å²) >= 11 is 9.71. The van der Waals surface area contributed by atoms with E-state index < -0.39 is 0 Å². The molecule has 0 aliphatic rings. The van der Waals surface area contributed by atoms with Crippen LogP contribution in [-0.4, -0.2) is 19.8 Å². The van der Waals surface area contributed by atoms with E-state index >= 15 is 0 Å². The summed E-state index contributed by atoms with van der Waals surface area (Å²) < 4.78 is 2.70. The molecule has 4 rings (SSSR count). The Morgan fingerprint density at radius 3 is 2.38 bits per heavy atom. The summed E-state index contributed by atoms with van der Waals surface area (Å²) in [6, 6.07) is 15.6. The molecule has 21 heavy (non-hydrogen) atoms. The van der Waals surface area contributed by atoms with Crippen molar-refractivity contribution >= 4 is 44.0 Å². The molecule has 0 atom stereocenters. The van der Waals surface area contributed by atoms with Gasteiger partial charge in [0.05, 0.1) is 0 Å². The second-order valence-corrected chi connectivity index (χ2v) is 5.88. The van der Waals surface area contributed by atoms with Gasteiger partial charge in [0.2, 0.25) is 0 Å². The molecule has 102 valence electrons. The second kappa shape index (κ2) is 4.79. The van der Waals surface area contributed by atoms with Crippen molar-refractivity contribution in [3.63, 3.8) is 0 Å². The van der Waals surface area contributed by atoms with E-state index in [4.69, 9.17) is 11.6 Å². The summed E-state index contributed by atoms with van der Waals surface area (Å²) in [6.07, 6.45) is 0. The summed E-state index contributed by atoms with van der Waals surface area (Å²) in [5.74, 6) is 0.671. The van der Waals surface area contributed by atoms with Gasteiger partial charge in [0.15, 0.2) is 16.6 Å². The lowest BCUT2D eigenvalue weighted by Gasteiger charge is -2.03. The van der Waals surface area contributed by atoms with E-state index in [1.807, 2.05) is 48.5 Å². The fourth-order valence-electron chi connectivity index (χ4n) is 2.32. The minimum Gasteiger partial charge on any atom is -0.191 e. The van der Waals surface area contributed by atoms with Crippen LogP contribution in [0.3, 0.4) is 0 Å². The summed E-state index contributed by atoms with van der Waals surface area (Å²) in [4.78, 5) is 0. The van der Waals surface area contributed by atoms with Crippen molar-refractivity contribution in [1.29, 1.82) is 0 Å². The van der Waals surface area contributed by atoms with Gasteiger partial charge in [-0.2, -0.15) is 9.61 Å². The Hall–Kier alpha value is -1.98. The summed E-state index contributed by atoms with van der Waals surface area (Å²) in [6.45, 7) is 0. The standard InChI is InChI=1S/C15H8BrClN4/c16-10-7-5-9(6-8-10)14-18-19-15-12-4-2-1-3-11(12)13(17)20-21(14)15/h1-8H. The first kappa shape index (κ1) is 12.7. The smallest absolute Gasteiger partial charge is 0.186 e. The van der Waals surface area contributed by atoms with Gasteiger partial charge in [0.1, 0.15) is 0 Å². The monoisotopic (exact) mass is 358 g/mol. The number of nitrogens with zero attached hydrogens (tertiary/aromatic N) is 4. The van der Waals surface area contributed by atoms with Crippen LogP contribution in [0.25, 0.3) is 27.8 Å². The van der Waals surface area contributed by atoms with Crippen molar-refractivity contribution in [2.75, 3.05) is 0 Å². The van der Waals surface area contributed by atoms with Gasteiger partial charge in [-0.15, -0.1) is 10.2 Å². The van der Waals surface area contributed by atoms with E-state index in [-0.39, 0.29) is 0 Å². The van der Waals surface area contributed by atoms with Crippen LogP contribution in [0.5, 0.6) is 0 Å². The first-order valence-electron chi connectivity index (χ1n) is 6.29. The maximum Gasteiger partial charge on any atom is 0.186 e. The Bertz CT molecular complexity index is 963. The van der Waals surface area contributed by atoms with E-state index in [0.29, 0.717) is 16.6 Å². The molecule has 0 saturated heterocycles. The van der Waals surface area contributed by atoms with E-state index in [1.165, 1.54) is 0 Å². The average molecular weight is 360 g/mol. The first-order chi connectivity index (χ1) is 10.2. The fraction of sp³-hybridized carbons (Fsp3) is 0. The lowest BCUT2D eigenvalue weighted by molar-refractivity contribution is 0.946. The Balaban J connectivity index is 2.06. The SMILES string of the molecule is Clc1nn2c(-c3ccc(Br)cc3)nnc2c2ccccc12. The largest absolute Gasteiger partial charge is 0.191 e. The number of benzene rings is 2. The average Bonchev–Trinajstić information content (AvgIpc) is 2.92. The highest BCUT2D eigenvalue weighted by molar-refractivity contribution is 9.10. The molecule has 2 heterocycles. The number of hydrogen-bond donors (Lipinski definition) is 0. The molecule has 6 heteroatoms. The number of aromatic nitrogens is 4. The molecule has 0 fully saturated rings. The lowest BCUT2D eigenvalue weighted by Crippen LogP contribution is -1.96. The van der Waals surface area contributed by atoms with Crippen molar-refractivity contribution in [3.8, 4) is 11.4 Å². The molecule has 0 unspecified atom stereocenters. The van der Waals surface area contributed by atoms with E-state index in [9.17, 15) is 0 Å². The van der Waals surface area contributed by atoms with Gasteiger partial charge in [-0.05, 0) is 12.1 Å². The third-order valence-corrected chi connectivity index (χ3v) is 4.13. The highest BCUT2D eigenvalue weighted by atomic mass is 79.9. The molecule has 2 aromatic heterocycles. The van der Waals surface area contributed by atoms with Crippen LogP contribution in [0.4, 0.5) is 0 Å². The summed E-state index contributed by atoms with van der Waals surface area (Å²) in [7, 11) is 0. The maximum atomic E-state index is 6.28. The molecule has 0 bridgehead atoms. The Kier molecular flexibility index (Phi) is 2.90. The van der Waals surface area contributed by atoms with Crippen molar-refractivity contribution in [1.82, 2.24) is 19.8 Å². The molecule has 0 aliphatic carbocycles. The van der Waals surface area contributed by atoms with E-state index in [0.717, 1.165) is 20.8 Å². The predicted octanol–water partition coefficient (Wildman–Crippen LogP) is 4.36. The number of halogens is 2. The molecular weight excluding hydrogens is 352 g/mol. The number of rotatable bonds is 1. The zero-order chi connectivity index (χ0) is 14.4. The minimum atomic E-state index is 0.441. The van der Waals surface area contributed by atoms with Gasteiger partial charge in [0, 0.05) is 20.8 Å². The molecule has 0 spiro atoms. The zero-order valence-corrected chi connectivity index (χ0v) is 13.0. The van der Waals surface area contributed by atoms with Gasteiger partial charge in [-0.3, -0.25) is 0 Å². The molecule has 0 amide bonds. The predicted molar refractivity (Wildman–Crippen MR) is 86.4 cm³/mol. The van der Waals surface area contributed by atoms with Crippen LogP contribution in [0, 0.1) is 0 Å². The Morgan fingerprint density at radius 1 is 0.905 bits per heavy atom. The molecule has 0 N–H and O–H groups in total. The van der Waals surface area contributed by atoms with Crippen LogP contribution < -0.4 is 0 Å². The molecule has 0 radical (unpaired) electrons. The molecule has 2 aromatic carbocycles. The van der Waals surface area contributed by atoms with Crippen LogP contribution in [0.1, 0.15) is 0 Å². The van der Waals surface area contributed by atoms with Crippen molar-refractivity contribution in [2.24, 2.45) is 0 Å². The van der Waals surface area contributed by atoms with Crippen molar-refractivity contribution in [3.05, 3.63) is 58.2 Å². The van der Waals surface area contributed by atoms with Crippen LogP contribution in [0.2, 0.25) is 5.15 Å². The minimum absolute atomic E-state index is 0.441. The van der Waals surface area contributed by atoms with Crippen molar-refractivity contribution in [2.45, 2.75) is 0 Å². The topological polar surface area (TPSA) is 43.1 Å². The lowest BCUT2D eigenvalue weighted by atomic mass is 10.2. The molecule has 4 aromatic rings. The maximum absolute atomic E-state index is 6.28. The van der Waals surface area contributed by atoms with Crippen LogP contribution in [0.15, 0.2) is 53.0 Å². The highest BCUT2D eigenvalue weighted by Crippen LogP contribution is 2.27. The van der Waals surface area contributed by atoms with Crippen LogP contribution in [-0.2, 0) is 0 Å². The molecule has 4 nitrogen and oxygen atoms in total. The van der Waals surface area contributed by atoms with Crippen molar-refractivity contribution < 1.29 is 0 Å². The molecule has 0 aliphatic heterocycles. The molecular formula is C15H8BrClN4. The number of fused-ring (bicyclic) bond motifs is 3. The highest BCUT2D eigenvalue weighted by Gasteiger charge is 2.14. The number of hydrogen-bond acceptors (Lipinski definition) is 3. The quantitative estimate of drug-likeness (QED) is 0.507. The van der Waals surface area contributed by atoms with Gasteiger partial charge < -0.3 is 0 Å². The normalized spacial score (nSPS) is 11.3. The Labute approximate surface area is 133 Å². The summed E-state index contributed by atoms with van der Waals surface area (Å²) in [5.41, 5.74) is 1.64. The first-order valence-corrected chi connectivity index (χ1v) is 7.47. The Morgan fingerprint density at radius 2 is 1.62 bits per heavy atom. The fourth-order valence-corrected chi connectivity index (χ4v) is 2.83. The van der Waals surface area contributed by atoms with E-state index in [1.54, 1.807) is 4.52 Å². The van der Waals surface area contributed by atoms with E-state index in [2.05, 4.69) is 31.2 Å². The van der Waals surface area contributed by atoms with Gasteiger partial charge in [0.25, 0.3) is 0 Å². The second-order valence-electron chi connectivity index (χ2n) is 4.60. The van der Waals surface area contributed by atoms with Crippen LogP contribution >= 0.6 is 27.5 Å².